The molecule has 0 bridgehead atoms. The molecular weight excluding hydrogens is 278 g/mol. The van der Waals surface area contributed by atoms with E-state index in [0.717, 1.165) is 35.2 Å². The van der Waals surface area contributed by atoms with Gasteiger partial charge in [0.15, 0.2) is 5.13 Å². The molecule has 0 spiro atoms. The molecule has 4 nitrogen and oxygen atoms in total. The minimum absolute atomic E-state index is 0.536. The van der Waals surface area contributed by atoms with E-state index in [0.29, 0.717) is 13.2 Å². The van der Waals surface area contributed by atoms with Gasteiger partial charge in [-0.2, -0.15) is 0 Å². The van der Waals surface area contributed by atoms with Crippen LogP contribution in [0.3, 0.4) is 0 Å². The summed E-state index contributed by atoms with van der Waals surface area (Å²) >= 11 is 3.56. The van der Waals surface area contributed by atoms with Crippen molar-refractivity contribution in [3.8, 4) is 0 Å². The van der Waals surface area contributed by atoms with Crippen LogP contribution in [0.15, 0.2) is 11.4 Å². The Labute approximate surface area is 120 Å². The third-order valence-corrected chi connectivity index (χ3v) is 5.52. The quantitative estimate of drug-likeness (QED) is 0.941. The molecule has 1 aliphatic rings. The van der Waals surface area contributed by atoms with Crippen LogP contribution in [-0.4, -0.2) is 18.6 Å². The van der Waals surface area contributed by atoms with Gasteiger partial charge >= 0.3 is 0 Å². The number of aromatic nitrogens is 1. The Morgan fingerprint density at radius 2 is 2.42 bits per heavy atom. The minimum atomic E-state index is 0.536. The Hall–Kier alpha value is -0.950. The van der Waals surface area contributed by atoms with Gasteiger partial charge in [-0.15, -0.1) is 22.7 Å². The molecule has 3 rings (SSSR count). The molecule has 0 atom stereocenters. The van der Waals surface area contributed by atoms with Gasteiger partial charge in [0.05, 0.1) is 12.3 Å². The fourth-order valence-electron chi connectivity index (χ4n) is 2.33. The molecule has 0 saturated carbocycles. The highest BCUT2D eigenvalue weighted by molar-refractivity contribution is 7.15. The maximum absolute atomic E-state index is 5.78. The second-order valence-corrected chi connectivity index (χ2v) is 6.61. The van der Waals surface area contributed by atoms with E-state index in [1.54, 1.807) is 18.4 Å². The third-order valence-electron chi connectivity index (χ3n) is 3.31. The molecule has 6 heteroatoms. The number of nitrogens with zero attached hydrogens (tertiary/aromatic N) is 2. The van der Waals surface area contributed by atoms with Crippen molar-refractivity contribution >= 4 is 27.8 Å². The molecule has 0 fully saturated rings. The summed E-state index contributed by atoms with van der Waals surface area (Å²) in [6.07, 6.45) is 1.12. The zero-order valence-corrected chi connectivity index (χ0v) is 12.5. The van der Waals surface area contributed by atoms with Gasteiger partial charge in [-0.25, -0.2) is 4.98 Å². The zero-order chi connectivity index (χ0) is 13.2. The lowest BCUT2D eigenvalue weighted by molar-refractivity contribution is 0.181. The van der Waals surface area contributed by atoms with Crippen LogP contribution in [0.25, 0.3) is 0 Å². The van der Waals surface area contributed by atoms with E-state index in [-0.39, 0.29) is 0 Å². The average Bonchev–Trinajstić information content (AvgIpc) is 3.04. The minimum Gasteiger partial charge on any atom is -0.378 e. The fourth-order valence-corrected chi connectivity index (χ4v) is 4.18. The van der Waals surface area contributed by atoms with Crippen molar-refractivity contribution in [3.05, 3.63) is 32.5 Å². The number of rotatable bonds is 4. The number of hydrogen-bond acceptors (Lipinski definition) is 6. The Bertz CT molecular complexity index is 564. The van der Waals surface area contributed by atoms with E-state index in [9.17, 15) is 0 Å². The highest BCUT2D eigenvalue weighted by Gasteiger charge is 2.21. The van der Waals surface area contributed by atoms with Crippen molar-refractivity contribution in [2.45, 2.75) is 26.1 Å². The molecule has 2 aromatic rings. The summed E-state index contributed by atoms with van der Waals surface area (Å²) < 4.78 is 5.19. The van der Waals surface area contributed by atoms with Gasteiger partial charge in [0.25, 0.3) is 0 Å². The van der Waals surface area contributed by atoms with E-state index >= 15 is 0 Å². The maximum atomic E-state index is 5.78. The SMILES string of the molecule is COCc1nc(N2CCc3sccc3C2)sc1CN. The maximum Gasteiger partial charge on any atom is 0.186 e. The lowest BCUT2D eigenvalue weighted by atomic mass is 10.1. The van der Waals surface area contributed by atoms with E-state index in [4.69, 9.17) is 15.5 Å². The molecule has 0 aliphatic carbocycles. The zero-order valence-electron chi connectivity index (χ0n) is 10.9. The van der Waals surface area contributed by atoms with E-state index in [2.05, 4.69) is 16.3 Å². The normalized spacial score (nSPS) is 14.7. The van der Waals surface area contributed by atoms with Crippen molar-refractivity contribution in [3.63, 3.8) is 0 Å². The van der Waals surface area contributed by atoms with Crippen molar-refractivity contribution in [1.82, 2.24) is 4.98 Å². The molecular formula is C13H17N3OS2. The molecule has 1 aliphatic heterocycles. The smallest absolute Gasteiger partial charge is 0.186 e. The van der Waals surface area contributed by atoms with Crippen molar-refractivity contribution in [2.24, 2.45) is 5.73 Å². The molecule has 3 heterocycles. The Kier molecular flexibility index (Phi) is 3.83. The summed E-state index contributed by atoms with van der Waals surface area (Å²) in [5.41, 5.74) is 8.21. The van der Waals surface area contributed by atoms with Crippen LogP contribution < -0.4 is 10.6 Å². The van der Waals surface area contributed by atoms with Gasteiger partial charge in [-0.05, 0) is 23.4 Å². The fraction of sp³-hybridized carbons (Fsp3) is 0.462. The number of hydrogen-bond donors (Lipinski definition) is 1. The van der Waals surface area contributed by atoms with Gasteiger partial charge < -0.3 is 15.4 Å². The molecule has 2 N–H and O–H groups in total. The van der Waals surface area contributed by atoms with E-state index < -0.39 is 0 Å². The number of fused-ring (bicyclic) bond motifs is 1. The van der Waals surface area contributed by atoms with Crippen LogP contribution in [-0.2, 0) is 30.9 Å². The van der Waals surface area contributed by atoms with E-state index in [1.165, 1.54) is 10.4 Å². The van der Waals surface area contributed by atoms with Crippen molar-refractivity contribution in [2.75, 3.05) is 18.6 Å². The summed E-state index contributed by atoms with van der Waals surface area (Å²) in [5, 5.41) is 3.25. The monoisotopic (exact) mass is 295 g/mol. The Balaban J connectivity index is 1.83. The lowest BCUT2D eigenvalue weighted by Crippen LogP contribution is -2.29. The van der Waals surface area contributed by atoms with Gasteiger partial charge in [-0.1, -0.05) is 0 Å². The molecule has 0 aromatic carbocycles. The summed E-state index contributed by atoms with van der Waals surface area (Å²) in [6.45, 7) is 3.08. The van der Waals surface area contributed by atoms with Crippen LogP contribution >= 0.6 is 22.7 Å². The number of thiazole rings is 1. The lowest BCUT2D eigenvalue weighted by Gasteiger charge is -2.26. The summed E-state index contributed by atoms with van der Waals surface area (Å²) in [6, 6.07) is 2.22. The van der Waals surface area contributed by atoms with Crippen molar-refractivity contribution in [1.29, 1.82) is 0 Å². The van der Waals surface area contributed by atoms with Gasteiger partial charge in [0.2, 0.25) is 0 Å². The molecule has 2 aromatic heterocycles. The Morgan fingerprint density at radius 1 is 1.53 bits per heavy atom. The van der Waals surface area contributed by atoms with Crippen LogP contribution in [0.1, 0.15) is 21.0 Å². The van der Waals surface area contributed by atoms with Crippen LogP contribution in [0.5, 0.6) is 0 Å². The van der Waals surface area contributed by atoms with Crippen LogP contribution in [0.2, 0.25) is 0 Å². The molecule has 0 radical (unpaired) electrons. The highest BCUT2D eigenvalue weighted by atomic mass is 32.1. The molecule has 19 heavy (non-hydrogen) atoms. The topological polar surface area (TPSA) is 51.4 Å². The predicted molar refractivity (Wildman–Crippen MR) is 79.8 cm³/mol. The number of ether oxygens (including phenoxy) is 1. The third kappa shape index (κ3) is 2.53. The van der Waals surface area contributed by atoms with E-state index in [1.807, 2.05) is 11.3 Å². The number of methoxy groups -OCH3 is 1. The molecule has 0 unspecified atom stereocenters. The number of nitrogens with two attached hydrogens (primary N) is 1. The molecule has 0 amide bonds. The van der Waals surface area contributed by atoms with Gasteiger partial charge in [0.1, 0.15) is 0 Å². The first-order valence-electron chi connectivity index (χ1n) is 6.29. The van der Waals surface area contributed by atoms with Crippen molar-refractivity contribution < 1.29 is 4.74 Å². The molecule has 0 saturated heterocycles. The van der Waals surface area contributed by atoms with Crippen LogP contribution in [0.4, 0.5) is 5.13 Å². The first-order valence-corrected chi connectivity index (χ1v) is 7.99. The molecule has 102 valence electrons. The largest absolute Gasteiger partial charge is 0.378 e. The Morgan fingerprint density at radius 3 is 3.21 bits per heavy atom. The summed E-state index contributed by atoms with van der Waals surface area (Å²) in [7, 11) is 1.69. The van der Waals surface area contributed by atoms with Crippen LogP contribution in [0, 0.1) is 0 Å². The number of anilines is 1. The first-order chi connectivity index (χ1) is 9.31. The predicted octanol–water partition coefficient (Wildman–Crippen LogP) is 2.37. The average molecular weight is 295 g/mol. The second kappa shape index (κ2) is 5.58. The first kappa shape index (κ1) is 13.1. The second-order valence-electron chi connectivity index (χ2n) is 4.54. The highest BCUT2D eigenvalue weighted by Crippen LogP contribution is 2.32. The summed E-state index contributed by atoms with van der Waals surface area (Å²) in [5.74, 6) is 0. The summed E-state index contributed by atoms with van der Waals surface area (Å²) in [4.78, 5) is 9.69. The standard InChI is InChI=1S/C13H17N3OS2/c1-17-8-10-12(6-14)19-13(15-10)16-4-2-11-9(7-16)3-5-18-11/h3,5H,2,4,6-8,14H2,1H3. The van der Waals surface area contributed by atoms with Gasteiger partial charge in [-0.3, -0.25) is 0 Å². The van der Waals surface area contributed by atoms with Gasteiger partial charge in [0, 0.05) is 36.5 Å². The number of thiophene rings is 1.